The molecule has 1 fully saturated rings. The summed E-state index contributed by atoms with van der Waals surface area (Å²) in [5.41, 5.74) is 1.09. The highest BCUT2D eigenvalue weighted by atomic mass is 16.5. The number of hydrogen-bond donors (Lipinski definition) is 2. The quantitative estimate of drug-likeness (QED) is 0.668. The van der Waals surface area contributed by atoms with Gasteiger partial charge >= 0.3 is 0 Å². The molecule has 0 bridgehead atoms. The molecule has 0 saturated carbocycles. The number of aromatic nitrogens is 2. The molecule has 156 valence electrons. The van der Waals surface area contributed by atoms with Crippen LogP contribution in [0.4, 0.5) is 5.82 Å². The second-order valence-electron chi connectivity index (χ2n) is 6.90. The van der Waals surface area contributed by atoms with Gasteiger partial charge in [0, 0.05) is 6.42 Å². The topological polar surface area (TPSA) is 94.6 Å². The smallest absolute Gasteiger partial charge is 0.234 e. The molecule has 2 N–H and O–H groups in total. The van der Waals surface area contributed by atoms with Crippen molar-refractivity contribution in [3.8, 4) is 17.4 Å². The Morgan fingerprint density at radius 1 is 1.17 bits per heavy atom. The number of piperidine rings is 1. The van der Waals surface area contributed by atoms with Crippen molar-refractivity contribution < 1.29 is 19.0 Å². The van der Waals surface area contributed by atoms with E-state index in [4.69, 9.17) is 14.2 Å². The van der Waals surface area contributed by atoms with Gasteiger partial charge in [0.15, 0.2) is 17.3 Å². The van der Waals surface area contributed by atoms with Crippen molar-refractivity contribution in [2.45, 2.75) is 38.2 Å². The van der Waals surface area contributed by atoms with Gasteiger partial charge in [0.25, 0.3) is 0 Å². The second kappa shape index (κ2) is 10.6. The maximum absolute atomic E-state index is 12.3. The second-order valence-corrected chi connectivity index (χ2v) is 6.90. The first kappa shape index (κ1) is 20.9. The molecule has 0 unspecified atom stereocenters. The molecule has 0 radical (unpaired) electrons. The van der Waals surface area contributed by atoms with Crippen LogP contribution in [-0.2, 0) is 11.2 Å². The Kier molecular flexibility index (Phi) is 7.63. The number of nitrogens with zero attached hydrogens (tertiary/aromatic N) is 2. The van der Waals surface area contributed by atoms with Crippen molar-refractivity contribution >= 4 is 11.7 Å². The average Bonchev–Trinajstić information content (AvgIpc) is 2.74. The number of hydrogen-bond acceptors (Lipinski definition) is 7. The Hall–Kier alpha value is -2.87. The predicted molar refractivity (Wildman–Crippen MR) is 110 cm³/mol. The molecular weight excluding hydrogens is 372 g/mol. The first-order valence-corrected chi connectivity index (χ1v) is 9.88. The molecule has 1 amide bonds. The minimum atomic E-state index is -0.0983. The molecule has 8 nitrogen and oxygen atoms in total. The van der Waals surface area contributed by atoms with Crippen LogP contribution in [0.3, 0.4) is 0 Å². The third-order valence-electron chi connectivity index (χ3n) is 4.77. The van der Waals surface area contributed by atoms with Gasteiger partial charge in [0.1, 0.15) is 6.10 Å². The van der Waals surface area contributed by atoms with Gasteiger partial charge < -0.3 is 24.8 Å². The summed E-state index contributed by atoms with van der Waals surface area (Å²) in [5.74, 6) is 2.14. The number of nitrogens with one attached hydrogen (secondary N) is 2. The van der Waals surface area contributed by atoms with Gasteiger partial charge in [-0.25, -0.2) is 0 Å². The van der Waals surface area contributed by atoms with E-state index in [0.29, 0.717) is 36.0 Å². The number of ether oxygens (including phenoxy) is 3. The summed E-state index contributed by atoms with van der Waals surface area (Å²) in [4.78, 5) is 20.7. The molecule has 1 aromatic carbocycles. The number of carbonyl (C=O) groups excluding carboxylic acids is 1. The van der Waals surface area contributed by atoms with Crippen LogP contribution in [0.1, 0.15) is 31.2 Å². The number of amides is 1. The minimum Gasteiger partial charge on any atom is -0.493 e. The van der Waals surface area contributed by atoms with E-state index in [-0.39, 0.29) is 12.0 Å². The molecule has 29 heavy (non-hydrogen) atoms. The van der Waals surface area contributed by atoms with E-state index in [0.717, 1.165) is 37.9 Å². The lowest BCUT2D eigenvalue weighted by atomic mass is 10.1. The molecule has 2 heterocycles. The van der Waals surface area contributed by atoms with Gasteiger partial charge in [-0.2, -0.15) is 4.98 Å². The van der Waals surface area contributed by atoms with E-state index >= 15 is 0 Å². The fourth-order valence-corrected chi connectivity index (χ4v) is 3.24. The van der Waals surface area contributed by atoms with Crippen LogP contribution in [0.2, 0.25) is 0 Å². The highest BCUT2D eigenvalue weighted by Gasteiger charge is 2.15. The lowest BCUT2D eigenvalue weighted by molar-refractivity contribution is -0.116. The standard InChI is InChI=1S/C21H28N4O4/c1-27-17-7-6-15(12-18(17)28-2)4-3-5-20(26)24-19-13-23-14-21(25-19)29-16-8-10-22-11-9-16/h6-7,12-14,16,22H,3-5,8-11H2,1-2H3,(H,24,25,26). The number of rotatable bonds is 9. The lowest BCUT2D eigenvalue weighted by Crippen LogP contribution is -2.34. The van der Waals surface area contributed by atoms with Crippen LogP contribution in [-0.4, -0.2) is 49.3 Å². The first-order chi connectivity index (χ1) is 14.2. The van der Waals surface area contributed by atoms with Crippen molar-refractivity contribution in [1.82, 2.24) is 15.3 Å². The van der Waals surface area contributed by atoms with Crippen molar-refractivity contribution in [1.29, 1.82) is 0 Å². The summed E-state index contributed by atoms with van der Waals surface area (Å²) in [6.07, 6.45) is 6.98. The van der Waals surface area contributed by atoms with Crippen molar-refractivity contribution in [2.24, 2.45) is 0 Å². The molecule has 3 rings (SSSR count). The summed E-state index contributed by atoms with van der Waals surface area (Å²) < 4.78 is 16.4. The van der Waals surface area contributed by atoms with Gasteiger partial charge in [-0.05, 0) is 56.5 Å². The Morgan fingerprint density at radius 2 is 1.97 bits per heavy atom. The summed E-state index contributed by atoms with van der Waals surface area (Å²) in [6, 6.07) is 5.79. The van der Waals surface area contributed by atoms with Gasteiger partial charge in [-0.15, -0.1) is 0 Å². The number of benzene rings is 1. The van der Waals surface area contributed by atoms with E-state index in [1.807, 2.05) is 18.2 Å². The molecule has 1 aliphatic heterocycles. The molecule has 2 aromatic rings. The highest BCUT2D eigenvalue weighted by molar-refractivity contribution is 5.89. The molecule has 1 aromatic heterocycles. The normalized spacial score (nSPS) is 14.3. The maximum Gasteiger partial charge on any atom is 0.234 e. The third kappa shape index (κ3) is 6.32. The molecule has 1 aliphatic rings. The maximum atomic E-state index is 12.3. The summed E-state index contributed by atoms with van der Waals surface area (Å²) >= 11 is 0. The van der Waals surface area contributed by atoms with Gasteiger partial charge in [0.05, 0.1) is 26.6 Å². The average molecular weight is 400 g/mol. The van der Waals surface area contributed by atoms with Crippen LogP contribution >= 0.6 is 0 Å². The Balaban J connectivity index is 1.46. The number of aryl methyl sites for hydroxylation is 1. The SMILES string of the molecule is COc1ccc(CCCC(=O)Nc2cncc(OC3CCNCC3)n2)cc1OC. The van der Waals surface area contributed by atoms with Crippen LogP contribution in [0, 0.1) is 0 Å². The molecular formula is C21H28N4O4. The van der Waals surface area contributed by atoms with Crippen LogP contribution in [0.25, 0.3) is 0 Å². The number of anilines is 1. The fraction of sp³-hybridized carbons (Fsp3) is 0.476. The number of methoxy groups -OCH3 is 2. The fourth-order valence-electron chi connectivity index (χ4n) is 3.24. The van der Waals surface area contributed by atoms with E-state index in [9.17, 15) is 4.79 Å². The molecule has 1 saturated heterocycles. The van der Waals surface area contributed by atoms with E-state index in [1.54, 1.807) is 20.4 Å². The lowest BCUT2D eigenvalue weighted by Gasteiger charge is -2.23. The highest BCUT2D eigenvalue weighted by Crippen LogP contribution is 2.28. The third-order valence-corrected chi connectivity index (χ3v) is 4.77. The van der Waals surface area contributed by atoms with Gasteiger partial charge in [-0.3, -0.25) is 9.78 Å². The minimum absolute atomic E-state index is 0.0983. The van der Waals surface area contributed by atoms with E-state index in [2.05, 4.69) is 20.6 Å². The van der Waals surface area contributed by atoms with E-state index < -0.39 is 0 Å². The van der Waals surface area contributed by atoms with Crippen molar-refractivity contribution in [3.63, 3.8) is 0 Å². The predicted octanol–water partition coefficient (Wildman–Crippen LogP) is 2.59. The van der Waals surface area contributed by atoms with Crippen LogP contribution < -0.4 is 24.8 Å². The molecule has 8 heteroatoms. The largest absolute Gasteiger partial charge is 0.493 e. The van der Waals surface area contributed by atoms with E-state index in [1.165, 1.54) is 6.20 Å². The van der Waals surface area contributed by atoms with Gasteiger partial charge in [-0.1, -0.05) is 6.07 Å². The molecule has 0 atom stereocenters. The molecule has 0 aliphatic carbocycles. The number of carbonyl (C=O) groups is 1. The summed E-state index contributed by atoms with van der Waals surface area (Å²) in [5, 5.41) is 6.09. The van der Waals surface area contributed by atoms with Gasteiger partial charge in [0.2, 0.25) is 11.8 Å². The zero-order chi connectivity index (χ0) is 20.5. The zero-order valence-electron chi connectivity index (χ0n) is 16.9. The Labute approximate surface area is 171 Å². The monoisotopic (exact) mass is 400 g/mol. The summed E-state index contributed by atoms with van der Waals surface area (Å²) in [7, 11) is 3.22. The Bertz CT molecular complexity index is 809. The summed E-state index contributed by atoms with van der Waals surface area (Å²) in [6.45, 7) is 1.88. The first-order valence-electron chi connectivity index (χ1n) is 9.88. The van der Waals surface area contributed by atoms with Crippen LogP contribution in [0.15, 0.2) is 30.6 Å². The van der Waals surface area contributed by atoms with Crippen molar-refractivity contribution in [2.75, 3.05) is 32.6 Å². The Morgan fingerprint density at radius 3 is 2.72 bits per heavy atom. The van der Waals surface area contributed by atoms with Crippen molar-refractivity contribution in [3.05, 3.63) is 36.2 Å². The van der Waals surface area contributed by atoms with Crippen LogP contribution in [0.5, 0.6) is 17.4 Å². The molecule has 0 spiro atoms. The zero-order valence-corrected chi connectivity index (χ0v) is 16.9.